The van der Waals surface area contributed by atoms with Gasteiger partial charge in [-0.15, -0.1) is 0 Å². The molecule has 1 saturated heterocycles. The molecule has 2 aliphatic heterocycles. The maximum atomic E-state index is 13.7. The Labute approximate surface area is 181 Å². The Kier molecular flexibility index (Phi) is 6.70. The van der Waals surface area contributed by atoms with Crippen LogP contribution in [0.2, 0.25) is 0 Å². The van der Waals surface area contributed by atoms with Gasteiger partial charge in [-0.2, -0.15) is 0 Å². The second kappa shape index (κ2) is 9.81. The SMILES string of the molecule is O=C(NCCc1ccccc1F)C1CCN(C(=O)CCc2ccc3c(c2)OCO3)CC1. The Bertz CT molecular complexity index is 941. The molecule has 1 fully saturated rings. The summed E-state index contributed by atoms with van der Waals surface area (Å²) in [7, 11) is 0. The lowest BCUT2D eigenvalue weighted by atomic mass is 9.95. The van der Waals surface area contributed by atoms with Gasteiger partial charge >= 0.3 is 0 Å². The van der Waals surface area contributed by atoms with E-state index < -0.39 is 0 Å². The zero-order valence-electron chi connectivity index (χ0n) is 17.4. The van der Waals surface area contributed by atoms with Crippen molar-refractivity contribution in [2.75, 3.05) is 26.4 Å². The monoisotopic (exact) mass is 426 g/mol. The van der Waals surface area contributed by atoms with Crippen molar-refractivity contribution in [2.45, 2.75) is 32.1 Å². The lowest BCUT2D eigenvalue weighted by molar-refractivity contribution is -0.135. The number of ether oxygens (including phenoxy) is 2. The first-order valence-corrected chi connectivity index (χ1v) is 10.8. The predicted octanol–water partition coefficient (Wildman–Crippen LogP) is 3.08. The second-order valence-electron chi connectivity index (χ2n) is 7.98. The number of benzene rings is 2. The molecule has 2 aromatic rings. The molecule has 2 amide bonds. The first kappa shape index (κ1) is 21.2. The number of amides is 2. The van der Waals surface area contributed by atoms with E-state index in [1.807, 2.05) is 23.1 Å². The number of nitrogens with zero attached hydrogens (tertiary/aromatic N) is 1. The molecule has 0 bridgehead atoms. The van der Waals surface area contributed by atoms with E-state index in [2.05, 4.69) is 5.32 Å². The van der Waals surface area contributed by atoms with Crippen molar-refractivity contribution in [3.05, 3.63) is 59.4 Å². The van der Waals surface area contributed by atoms with Gasteiger partial charge in [0.25, 0.3) is 0 Å². The molecule has 31 heavy (non-hydrogen) atoms. The predicted molar refractivity (Wildman–Crippen MR) is 113 cm³/mol. The van der Waals surface area contributed by atoms with E-state index in [1.54, 1.807) is 18.2 Å². The normalized spacial score (nSPS) is 15.7. The van der Waals surface area contributed by atoms with E-state index >= 15 is 0 Å². The Morgan fingerprint density at radius 2 is 1.81 bits per heavy atom. The van der Waals surface area contributed by atoms with Crippen LogP contribution in [0.25, 0.3) is 0 Å². The third-order valence-electron chi connectivity index (χ3n) is 5.93. The van der Waals surface area contributed by atoms with Crippen molar-refractivity contribution in [1.82, 2.24) is 10.2 Å². The minimum Gasteiger partial charge on any atom is -0.454 e. The lowest BCUT2D eigenvalue weighted by Crippen LogP contribution is -2.43. The van der Waals surface area contributed by atoms with Crippen LogP contribution in [0.5, 0.6) is 11.5 Å². The van der Waals surface area contributed by atoms with Crippen LogP contribution in [0.1, 0.15) is 30.4 Å². The maximum Gasteiger partial charge on any atom is 0.231 e. The summed E-state index contributed by atoms with van der Waals surface area (Å²) in [6.45, 7) is 1.83. The Hall–Kier alpha value is -3.09. The quantitative estimate of drug-likeness (QED) is 0.739. The molecule has 0 aliphatic carbocycles. The number of carbonyl (C=O) groups excluding carboxylic acids is 2. The average Bonchev–Trinajstić information content (AvgIpc) is 3.27. The van der Waals surface area contributed by atoms with Gasteiger partial charge in [0.15, 0.2) is 11.5 Å². The molecule has 0 aromatic heterocycles. The zero-order valence-corrected chi connectivity index (χ0v) is 17.4. The summed E-state index contributed by atoms with van der Waals surface area (Å²) >= 11 is 0. The molecule has 0 saturated carbocycles. The minimum absolute atomic E-state index is 0.0104. The number of piperidine rings is 1. The van der Waals surface area contributed by atoms with Crippen LogP contribution in [0.15, 0.2) is 42.5 Å². The van der Waals surface area contributed by atoms with Crippen LogP contribution in [0.3, 0.4) is 0 Å². The van der Waals surface area contributed by atoms with Gasteiger partial charge in [-0.25, -0.2) is 4.39 Å². The van der Waals surface area contributed by atoms with Crippen molar-refractivity contribution in [3.63, 3.8) is 0 Å². The van der Waals surface area contributed by atoms with Crippen molar-refractivity contribution in [1.29, 1.82) is 0 Å². The fourth-order valence-corrected chi connectivity index (χ4v) is 4.06. The van der Waals surface area contributed by atoms with E-state index in [0.717, 1.165) is 17.1 Å². The number of hydrogen-bond donors (Lipinski definition) is 1. The fourth-order valence-electron chi connectivity index (χ4n) is 4.06. The molecule has 0 radical (unpaired) electrons. The molecular weight excluding hydrogens is 399 g/mol. The molecule has 4 rings (SSSR count). The van der Waals surface area contributed by atoms with Gasteiger partial charge in [-0.1, -0.05) is 24.3 Å². The van der Waals surface area contributed by atoms with Gasteiger partial charge in [0.2, 0.25) is 18.6 Å². The zero-order chi connectivity index (χ0) is 21.6. The summed E-state index contributed by atoms with van der Waals surface area (Å²) in [5.74, 6) is 1.22. The van der Waals surface area contributed by atoms with Crippen molar-refractivity contribution >= 4 is 11.8 Å². The molecule has 2 aromatic carbocycles. The van der Waals surface area contributed by atoms with E-state index in [4.69, 9.17) is 9.47 Å². The third-order valence-corrected chi connectivity index (χ3v) is 5.93. The standard InChI is InChI=1S/C24H27FN2O4/c25-20-4-2-1-3-18(20)9-12-26-24(29)19-10-13-27(14-11-19)23(28)8-6-17-5-7-21-22(15-17)31-16-30-21/h1-5,7,15,19H,6,8-14,16H2,(H,26,29). The Morgan fingerprint density at radius 1 is 1.03 bits per heavy atom. The summed E-state index contributed by atoms with van der Waals surface area (Å²) in [5.41, 5.74) is 1.65. The summed E-state index contributed by atoms with van der Waals surface area (Å²) < 4.78 is 24.3. The number of fused-ring (bicyclic) bond motifs is 1. The van der Waals surface area contributed by atoms with Crippen LogP contribution in [0, 0.1) is 11.7 Å². The molecular formula is C24H27FN2O4. The van der Waals surface area contributed by atoms with Crippen molar-refractivity contribution in [2.24, 2.45) is 5.92 Å². The maximum absolute atomic E-state index is 13.7. The number of hydrogen-bond acceptors (Lipinski definition) is 4. The summed E-state index contributed by atoms with van der Waals surface area (Å²) in [4.78, 5) is 26.8. The number of likely N-dealkylation sites (tertiary alicyclic amines) is 1. The number of halogens is 1. The summed E-state index contributed by atoms with van der Waals surface area (Å²) in [6, 6.07) is 12.4. The third kappa shape index (κ3) is 5.34. The number of aryl methyl sites for hydroxylation is 1. The number of rotatable bonds is 7. The molecule has 164 valence electrons. The first-order valence-electron chi connectivity index (χ1n) is 10.8. The van der Waals surface area contributed by atoms with Gasteiger partial charge in [-0.05, 0) is 55.0 Å². The highest BCUT2D eigenvalue weighted by molar-refractivity contribution is 5.80. The van der Waals surface area contributed by atoms with Crippen LogP contribution >= 0.6 is 0 Å². The topological polar surface area (TPSA) is 67.9 Å². The number of carbonyl (C=O) groups is 2. The van der Waals surface area contributed by atoms with Crippen LogP contribution in [0.4, 0.5) is 4.39 Å². The molecule has 0 unspecified atom stereocenters. The largest absolute Gasteiger partial charge is 0.454 e. The van der Waals surface area contributed by atoms with Gasteiger partial charge in [-0.3, -0.25) is 9.59 Å². The van der Waals surface area contributed by atoms with Crippen molar-refractivity contribution in [3.8, 4) is 11.5 Å². The van der Waals surface area contributed by atoms with E-state index in [9.17, 15) is 14.0 Å². The average molecular weight is 426 g/mol. The van der Waals surface area contributed by atoms with Crippen LogP contribution in [-0.2, 0) is 22.4 Å². The highest BCUT2D eigenvalue weighted by atomic mass is 19.1. The second-order valence-corrected chi connectivity index (χ2v) is 7.98. The summed E-state index contributed by atoms with van der Waals surface area (Å²) in [6.07, 6.45) is 2.85. The van der Waals surface area contributed by atoms with E-state index in [-0.39, 0.29) is 30.3 Å². The van der Waals surface area contributed by atoms with Gasteiger partial charge in [0.1, 0.15) is 5.82 Å². The molecule has 6 nitrogen and oxygen atoms in total. The Morgan fingerprint density at radius 3 is 2.61 bits per heavy atom. The Balaban J connectivity index is 1.17. The molecule has 7 heteroatoms. The molecule has 0 spiro atoms. The highest BCUT2D eigenvalue weighted by Crippen LogP contribution is 2.32. The lowest BCUT2D eigenvalue weighted by Gasteiger charge is -2.31. The van der Waals surface area contributed by atoms with Gasteiger partial charge < -0.3 is 19.7 Å². The first-order chi connectivity index (χ1) is 15.1. The number of nitrogens with one attached hydrogen (secondary N) is 1. The van der Waals surface area contributed by atoms with Gasteiger partial charge in [0, 0.05) is 32.0 Å². The summed E-state index contributed by atoms with van der Waals surface area (Å²) in [5, 5.41) is 2.91. The van der Waals surface area contributed by atoms with Crippen molar-refractivity contribution < 1.29 is 23.5 Å². The van der Waals surface area contributed by atoms with E-state index in [1.165, 1.54) is 6.07 Å². The molecule has 2 aliphatic rings. The fraction of sp³-hybridized carbons (Fsp3) is 0.417. The highest BCUT2D eigenvalue weighted by Gasteiger charge is 2.27. The van der Waals surface area contributed by atoms with E-state index in [0.29, 0.717) is 57.3 Å². The minimum atomic E-state index is -0.246. The van der Waals surface area contributed by atoms with Crippen LogP contribution in [-0.4, -0.2) is 43.1 Å². The smallest absolute Gasteiger partial charge is 0.231 e. The molecule has 2 heterocycles. The molecule has 0 atom stereocenters. The van der Waals surface area contributed by atoms with Crippen LogP contribution < -0.4 is 14.8 Å². The molecule has 1 N–H and O–H groups in total. The van der Waals surface area contributed by atoms with Gasteiger partial charge in [0.05, 0.1) is 0 Å².